The summed E-state index contributed by atoms with van der Waals surface area (Å²) in [5.74, 6) is 0. The molecule has 1 rings (SSSR count). The van der Waals surface area contributed by atoms with Gasteiger partial charge in [-0.25, -0.2) is 0 Å². The van der Waals surface area contributed by atoms with Gasteiger partial charge in [-0.1, -0.05) is 0 Å². The predicted molar refractivity (Wildman–Crippen MR) is 60.3 cm³/mol. The van der Waals surface area contributed by atoms with E-state index in [4.69, 9.17) is 10.2 Å². The summed E-state index contributed by atoms with van der Waals surface area (Å²) in [6.07, 6.45) is -3.04. The highest BCUT2D eigenvalue weighted by molar-refractivity contribution is 5.53. The Balaban J connectivity index is 3.07. The van der Waals surface area contributed by atoms with E-state index in [1.165, 1.54) is 12.3 Å². The van der Waals surface area contributed by atoms with Crippen LogP contribution in [0.15, 0.2) is 12.3 Å². The zero-order valence-corrected chi connectivity index (χ0v) is 9.91. The molecule has 0 saturated carbocycles. The SMILES string of the molecule is Cc1cc(N(CCO)CC(F)(F)F)c(CO)cn1. The molecule has 0 spiro atoms. The van der Waals surface area contributed by atoms with E-state index in [0.29, 0.717) is 11.3 Å². The minimum atomic E-state index is -4.38. The summed E-state index contributed by atoms with van der Waals surface area (Å²) in [5, 5.41) is 18.0. The van der Waals surface area contributed by atoms with Crippen LogP contribution in [0.2, 0.25) is 0 Å². The zero-order valence-electron chi connectivity index (χ0n) is 9.91. The van der Waals surface area contributed by atoms with E-state index in [1.54, 1.807) is 6.92 Å². The molecule has 0 radical (unpaired) electrons. The van der Waals surface area contributed by atoms with Crippen LogP contribution in [0.3, 0.4) is 0 Å². The fourth-order valence-electron chi connectivity index (χ4n) is 1.61. The lowest BCUT2D eigenvalue weighted by Gasteiger charge is -2.27. The fourth-order valence-corrected chi connectivity index (χ4v) is 1.61. The van der Waals surface area contributed by atoms with Crippen LogP contribution in [0, 0.1) is 6.92 Å². The number of nitrogens with zero attached hydrogens (tertiary/aromatic N) is 2. The Hall–Kier alpha value is -1.34. The maximum Gasteiger partial charge on any atom is 0.405 e. The molecule has 0 bridgehead atoms. The van der Waals surface area contributed by atoms with Gasteiger partial charge in [0.25, 0.3) is 0 Å². The molecule has 1 aromatic heterocycles. The summed E-state index contributed by atoms with van der Waals surface area (Å²) in [5.41, 5.74) is 1.10. The van der Waals surface area contributed by atoms with Gasteiger partial charge in [0.05, 0.1) is 13.2 Å². The Kier molecular flexibility index (Phi) is 4.92. The van der Waals surface area contributed by atoms with Gasteiger partial charge in [-0.2, -0.15) is 13.2 Å². The van der Waals surface area contributed by atoms with Crippen molar-refractivity contribution in [1.82, 2.24) is 4.98 Å². The number of halogens is 3. The first kappa shape index (κ1) is 14.7. The largest absolute Gasteiger partial charge is 0.405 e. The van der Waals surface area contributed by atoms with Crippen molar-refractivity contribution in [2.24, 2.45) is 0 Å². The lowest BCUT2D eigenvalue weighted by atomic mass is 10.2. The number of pyridine rings is 1. The molecule has 0 aliphatic rings. The first-order valence-corrected chi connectivity index (χ1v) is 5.36. The first-order valence-electron chi connectivity index (χ1n) is 5.36. The Morgan fingerprint density at radius 1 is 1.33 bits per heavy atom. The maximum absolute atomic E-state index is 12.4. The van der Waals surface area contributed by atoms with Gasteiger partial charge in [0.1, 0.15) is 6.54 Å². The van der Waals surface area contributed by atoms with Crippen LogP contribution in [-0.4, -0.2) is 41.1 Å². The third-order valence-corrected chi connectivity index (χ3v) is 2.35. The summed E-state index contributed by atoms with van der Waals surface area (Å²) in [7, 11) is 0. The third-order valence-electron chi connectivity index (χ3n) is 2.35. The van der Waals surface area contributed by atoms with Crippen LogP contribution in [0.5, 0.6) is 0 Å². The van der Waals surface area contributed by atoms with Crippen LogP contribution >= 0.6 is 0 Å². The van der Waals surface area contributed by atoms with E-state index in [1.807, 2.05) is 0 Å². The highest BCUT2D eigenvalue weighted by Crippen LogP contribution is 2.25. The van der Waals surface area contributed by atoms with Gasteiger partial charge >= 0.3 is 6.18 Å². The highest BCUT2D eigenvalue weighted by Gasteiger charge is 2.31. The minimum absolute atomic E-state index is 0.157. The van der Waals surface area contributed by atoms with E-state index < -0.39 is 25.9 Å². The van der Waals surface area contributed by atoms with Gasteiger partial charge in [-0.3, -0.25) is 4.98 Å². The molecule has 0 aliphatic heterocycles. The van der Waals surface area contributed by atoms with Gasteiger partial charge in [-0.05, 0) is 13.0 Å². The van der Waals surface area contributed by atoms with Gasteiger partial charge < -0.3 is 15.1 Å². The second-order valence-corrected chi connectivity index (χ2v) is 3.87. The van der Waals surface area contributed by atoms with Gasteiger partial charge in [0.2, 0.25) is 0 Å². The van der Waals surface area contributed by atoms with E-state index in [2.05, 4.69) is 4.98 Å². The van der Waals surface area contributed by atoms with Crippen molar-refractivity contribution in [1.29, 1.82) is 0 Å². The van der Waals surface area contributed by atoms with Crippen molar-refractivity contribution < 1.29 is 23.4 Å². The smallest absolute Gasteiger partial charge is 0.395 e. The molecule has 18 heavy (non-hydrogen) atoms. The summed E-state index contributed by atoms with van der Waals surface area (Å²) in [4.78, 5) is 4.91. The van der Waals surface area contributed by atoms with E-state index >= 15 is 0 Å². The number of anilines is 1. The number of hydrogen-bond donors (Lipinski definition) is 2. The molecule has 0 saturated heterocycles. The molecule has 1 aromatic rings. The molecule has 2 N–H and O–H groups in total. The van der Waals surface area contributed by atoms with Crippen molar-refractivity contribution in [3.05, 3.63) is 23.5 Å². The number of aliphatic hydroxyl groups is 2. The molecule has 0 atom stereocenters. The molecular weight excluding hydrogens is 249 g/mol. The molecule has 7 heteroatoms. The van der Waals surface area contributed by atoms with Crippen LogP contribution < -0.4 is 4.90 Å². The summed E-state index contributed by atoms with van der Waals surface area (Å²) >= 11 is 0. The number of alkyl halides is 3. The molecule has 0 aliphatic carbocycles. The Morgan fingerprint density at radius 2 is 2.00 bits per heavy atom. The summed E-state index contributed by atoms with van der Waals surface area (Å²) < 4.78 is 37.3. The van der Waals surface area contributed by atoms with E-state index in [0.717, 1.165) is 4.90 Å². The van der Waals surface area contributed by atoms with Crippen LogP contribution in [0.4, 0.5) is 18.9 Å². The Morgan fingerprint density at radius 3 is 2.50 bits per heavy atom. The molecule has 0 fully saturated rings. The number of aryl methyl sites for hydroxylation is 1. The lowest BCUT2D eigenvalue weighted by molar-refractivity contribution is -0.119. The van der Waals surface area contributed by atoms with Gasteiger partial charge in [-0.15, -0.1) is 0 Å². The van der Waals surface area contributed by atoms with E-state index in [9.17, 15) is 13.2 Å². The number of rotatable bonds is 5. The Bertz CT molecular complexity index is 396. The monoisotopic (exact) mass is 264 g/mol. The zero-order chi connectivity index (χ0) is 13.8. The standard InChI is InChI=1S/C11H15F3N2O2/c1-8-4-10(9(6-18)5-15-8)16(2-3-17)7-11(12,13)14/h4-5,17-18H,2-3,6-7H2,1H3. The molecule has 1 heterocycles. The van der Waals surface area contributed by atoms with Crippen molar-refractivity contribution in [3.8, 4) is 0 Å². The van der Waals surface area contributed by atoms with Crippen LogP contribution in [0.25, 0.3) is 0 Å². The summed E-state index contributed by atoms with van der Waals surface area (Å²) in [6.45, 7) is -0.486. The lowest BCUT2D eigenvalue weighted by Crippen LogP contribution is -2.37. The third kappa shape index (κ3) is 4.15. The molecule has 102 valence electrons. The molecule has 4 nitrogen and oxygen atoms in total. The van der Waals surface area contributed by atoms with Gasteiger partial charge in [0.15, 0.2) is 0 Å². The highest BCUT2D eigenvalue weighted by atomic mass is 19.4. The maximum atomic E-state index is 12.4. The minimum Gasteiger partial charge on any atom is -0.395 e. The van der Waals surface area contributed by atoms with Crippen molar-refractivity contribution in [2.45, 2.75) is 19.7 Å². The number of hydrogen-bond acceptors (Lipinski definition) is 4. The van der Waals surface area contributed by atoms with Crippen molar-refractivity contribution in [2.75, 3.05) is 24.6 Å². The normalized spacial score (nSPS) is 11.7. The molecular formula is C11H15F3N2O2. The van der Waals surface area contributed by atoms with Crippen molar-refractivity contribution in [3.63, 3.8) is 0 Å². The molecule has 0 amide bonds. The number of aromatic nitrogens is 1. The van der Waals surface area contributed by atoms with E-state index in [-0.39, 0.29) is 12.2 Å². The first-order chi connectivity index (χ1) is 8.37. The average Bonchev–Trinajstić information content (AvgIpc) is 2.26. The van der Waals surface area contributed by atoms with Crippen LogP contribution in [-0.2, 0) is 6.61 Å². The molecule has 0 aromatic carbocycles. The van der Waals surface area contributed by atoms with Gasteiger partial charge in [0, 0.05) is 29.7 Å². The second kappa shape index (κ2) is 6.01. The fraction of sp³-hybridized carbons (Fsp3) is 0.545. The van der Waals surface area contributed by atoms with Crippen LogP contribution in [0.1, 0.15) is 11.3 Å². The predicted octanol–water partition coefficient (Wildman–Crippen LogP) is 1.24. The summed E-state index contributed by atoms with van der Waals surface area (Å²) in [6, 6.07) is 1.47. The Labute approximate surface area is 103 Å². The topological polar surface area (TPSA) is 56.6 Å². The number of aliphatic hydroxyl groups excluding tert-OH is 2. The average molecular weight is 264 g/mol. The molecule has 0 unspecified atom stereocenters. The quantitative estimate of drug-likeness (QED) is 0.840. The van der Waals surface area contributed by atoms with Crippen molar-refractivity contribution >= 4 is 5.69 Å². The second-order valence-electron chi connectivity index (χ2n) is 3.87.